The van der Waals surface area contributed by atoms with Crippen LogP contribution in [-0.2, 0) is 17.1 Å². The Kier molecular flexibility index (Phi) is 7.57. The first-order chi connectivity index (χ1) is 19.5. The Morgan fingerprint density at radius 1 is 1.02 bits per heavy atom. The molecule has 3 heterocycles. The average molecular weight is 566 g/mol. The minimum Gasteiger partial charge on any atom is -0.494 e. The van der Waals surface area contributed by atoms with Gasteiger partial charge in [-0.15, -0.1) is 5.10 Å². The van der Waals surface area contributed by atoms with Crippen molar-refractivity contribution < 1.29 is 9.53 Å². The molecular weight excluding hydrogens is 539 g/mol. The molecule has 1 aromatic heterocycles. The van der Waals surface area contributed by atoms with E-state index in [1.807, 2.05) is 66.9 Å². The number of carbonyl (C=O) groups excluding carboxylic acids is 1. The van der Waals surface area contributed by atoms with Crippen LogP contribution in [0.15, 0.2) is 101 Å². The second-order valence-electron chi connectivity index (χ2n) is 9.47. The fourth-order valence-electron chi connectivity index (χ4n) is 4.54. The van der Waals surface area contributed by atoms with Gasteiger partial charge in [0.15, 0.2) is 10.2 Å². The number of ether oxygens (including phenoxy) is 1. The second-order valence-corrected chi connectivity index (χ2v) is 11.6. The van der Waals surface area contributed by atoms with Crippen LogP contribution in [0.25, 0.3) is 17.0 Å². The lowest BCUT2D eigenvalue weighted by Gasteiger charge is -2.20. The predicted octanol–water partition coefficient (Wildman–Crippen LogP) is 6.93. The van der Waals surface area contributed by atoms with Crippen LogP contribution in [0.4, 0.5) is 0 Å². The molecule has 2 aliphatic rings. The third kappa shape index (κ3) is 5.61. The third-order valence-electron chi connectivity index (χ3n) is 6.59. The van der Waals surface area contributed by atoms with Gasteiger partial charge in [-0.05, 0) is 54.9 Å². The van der Waals surface area contributed by atoms with Crippen molar-refractivity contribution in [3.05, 3.63) is 107 Å². The molecule has 7 nitrogen and oxygen atoms in total. The average Bonchev–Trinajstić information content (AvgIpc) is 3.55. The van der Waals surface area contributed by atoms with Crippen molar-refractivity contribution in [3.63, 3.8) is 0 Å². The van der Waals surface area contributed by atoms with E-state index >= 15 is 0 Å². The molecule has 4 aromatic rings. The van der Waals surface area contributed by atoms with Gasteiger partial charge in [-0.25, -0.2) is 0 Å². The first-order valence-corrected chi connectivity index (χ1v) is 14.8. The van der Waals surface area contributed by atoms with Crippen LogP contribution in [0.5, 0.6) is 5.75 Å². The fraction of sp³-hybridized carbons (Fsp3) is 0.161. The summed E-state index contributed by atoms with van der Waals surface area (Å²) in [6.45, 7) is 3.42. The number of hydrazone groups is 1. The summed E-state index contributed by atoms with van der Waals surface area (Å²) >= 11 is 2.91. The molecule has 3 aromatic carbocycles. The number of aromatic nitrogens is 1. The summed E-state index contributed by atoms with van der Waals surface area (Å²) in [6.07, 6.45) is 4.63. The van der Waals surface area contributed by atoms with E-state index in [9.17, 15) is 4.79 Å². The summed E-state index contributed by atoms with van der Waals surface area (Å²) in [6, 6.07) is 26.3. The van der Waals surface area contributed by atoms with E-state index in [0.29, 0.717) is 11.8 Å². The Morgan fingerprint density at radius 3 is 2.62 bits per heavy atom. The number of amidine groups is 2. The largest absolute Gasteiger partial charge is 0.494 e. The molecule has 0 fully saturated rings. The molecule has 0 bridgehead atoms. The molecule has 2 aliphatic heterocycles. The van der Waals surface area contributed by atoms with E-state index in [0.717, 1.165) is 45.3 Å². The van der Waals surface area contributed by atoms with E-state index in [-0.39, 0.29) is 11.4 Å². The van der Waals surface area contributed by atoms with Crippen LogP contribution >= 0.6 is 23.5 Å². The number of thioether (sulfide) groups is 2. The first-order valence-electron chi connectivity index (χ1n) is 13.0. The van der Waals surface area contributed by atoms with E-state index < -0.39 is 5.91 Å². The zero-order valence-corrected chi connectivity index (χ0v) is 23.5. The molecule has 9 heteroatoms. The maximum absolute atomic E-state index is 13.0. The molecule has 6 rings (SSSR count). The van der Waals surface area contributed by atoms with Crippen molar-refractivity contribution in [2.45, 2.75) is 25.6 Å². The summed E-state index contributed by atoms with van der Waals surface area (Å²) < 4.78 is 8.85. The van der Waals surface area contributed by atoms with Crippen LogP contribution in [-0.4, -0.2) is 37.5 Å². The maximum atomic E-state index is 13.0. The lowest BCUT2D eigenvalue weighted by atomic mass is 10.1. The van der Waals surface area contributed by atoms with Crippen LogP contribution in [0, 0.1) is 12.3 Å². The Morgan fingerprint density at radius 2 is 1.80 bits per heavy atom. The second kappa shape index (κ2) is 11.6. The first kappa shape index (κ1) is 26.2. The van der Waals surface area contributed by atoms with Gasteiger partial charge in [0.1, 0.15) is 5.75 Å². The van der Waals surface area contributed by atoms with E-state index in [2.05, 4.69) is 39.8 Å². The number of aliphatic imine (C=N–C) groups is 1. The van der Waals surface area contributed by atoms with Crippen molar-refractivity contribution >= 4 is 61.8 Å². The molecule has 200 valence electrons. The van der Waals surface area contributed by atoms with Gasteiger partial charge in [0, 0.05) is 35.0 Å². The van der Waals surface area contributed by atoms with Crippen LogP contribution in [0.2, 0.25) is 0 Å². The van der Waals surface area contributed by atoms with Crippen molar-refractivity contribution in [1.29, 1.82) is 5.41 Å². The van der Waals surface area contributed by atoms with Gasteiger partial charge >= 0.3 is 0 Å². The van der Waals surface area contributed by atoms with Crippen LogP contribution < -0.4 is 4.74 Å². The molecule has 1 amide bonds. The van der Waals surface area contributed by atoms with Gasteiger partial charge in [-0.2, -0.15) is 10.0 Å². The van der Waals surface area contributed by atoms with Crippen LogP contribution in [0.1, 0.15) is 23.1 Å². The Bertz CT molecular complexity index is 1670. The van der Waals surface area contributed by atoms with E-state index in [4.69, 9.17) is 10.1 Å². The highest BCUT2D eigenvalue weighted by Crippen LogP contribution is 2.34. The number of hydrogen-bond acceptors (Lipinski definition) is 6. The van der Waals surface area contributed by atoms with Crippen molar-refractivity contribution in [3.8, 4) is 5.75 Å². The topological polar surface area (TPSA) is 83.0 Å². The minimum atomic E-state index is -0.420. The number of aryl methyl sites for hydroxylation is 2. The molecule has 0 saturated carbocycles. The number of amides is 1. The summed E-state index contributed by atoms with van der Waals surface area (Å²) in [5.74, 6) is 1.25. The summed E-state index contributed by atoms with van der Waals surface area (Å²) in [7, 11) is 0. The number of rotatable bonds is 8. The normalized spacial score (nSPS) is 15.9. The molecule has 0 radical (unpaired) electrons. The Balaban J connectivity index is 1.18. The highest BCUT2D eigenvalue weighted by molar-refractivity contribution is 8.45. The van der Waals surface area contributed by atoms with Gasteiger partial charge in [0.05, 0.1) is 12.2 Å². The van der Waals surface area contributed by atoms with E-state index in [1.165, 1.54) is 27.9 Å². The SMILES string of the molecule is Cc1ccc(OCCCn2cc(C=C3C(=N)N4N=C(SCc5ccccc5)SC4=NC3=O)c3ccccc32)cc1. The van der Waals surface area contributed by atoms with Crippen molar-refractivity contribution in [2.75, 3.05) is 6.61 Å². The Hall–Kier alpha value is -4.08. The predicted molar refractivity (Wildman–Crippen MR) is 166 cm³/mol. The van der Waals surface area contributed by atoms with Gasteiger partial charge in [0.2, 0.25) is 5.17 Å². The summed E-state index contributed by atoms with van der Waals surface area (Å²) in [5, 5.41) is 16.3. The number of carbonyl (C=O) groups is 1. The number of nitrogens with one attached hydrogen (secondary N) is 1. The summed E-state index contributed by atoms with van der Waals surface area (Å²) in [5.41, 5.74) is 4.56. The smallest absolute Gasteiger partial charge is 0.283 e. The maximum Gasteiger partial charge on any atom is 0.283 e. The van der Waals surface area contributed by atoms with Gasteiger partial charge in [0.25, 0.3) is 5.91 Å². The molecule has 1 N–H and O–H groups in total. The molecule has 0 unspecified atom stereocenters. The number of fused-ring (bicyclic) bond motifs is 2. The molecular formula is C31H27N5O2S2. The van der Waals surface area contributed by atoms with Crippen LogP contribution in [0.3, 0.4) is 0 Å². The minimum absolute atomic E-state index is 0.0427. The quantitative estimate of drug-likeness (QED) is 0.185. The van der Waals surface area contributed by atoms with Gasteiger partial charge in [-0.3, -0.25) is 10.2 Å². The standard InChI is InChI=1S/C31H27N5O2S2/c1-21-12-14-24(15-13-21)38-17-7-16-35-19-23(25-10-5-6-11-27(25)35)18-26-28(32)36-30(33-29(26)37)40-31(34-36)39-20-22-8-3-2-4-9-22/h2-6,8-15,18-19,32H,7,16-17,20H2,1H3. The highest BCUT2D eigenvalue weighted by Gasteiger charge is 2.36. The third-order valence-corrected chi connectivity index (χ3v) is 8.71. The number of para-hydroxylation sites is 1. The van der Waals surface area contributed by atoms with E-state index in [1.54, 1.807) is 17.8 Å². The van der Waals surface area contributed by atoms with Crippen molar-refractivity contribution in [1.82, 2.24) is 9.58 Å². The molecule has 0 aliphatic carbocycles. The lowest BCUT2D eigenvalue weighted by molar-refractivity contribution is -0.114. The number of benzene rings is 3. The molecule has 0 atom stereocenters. The summed E-state index contributed by atoms with van der Waals surface area (Å²) in [4.78, 5) is 17.3. The number of nitrogens with zero attached hydrogens (tertiary/aromatic N) is 4. The Labute approximate surface area is 241 Å². The number of hydrogen-bond donors (Lipinski definition) is 1. The lowest BCUT2D eigenvalue weighted by Crippen LogP contribution is -2.35. The zero-order valence-electron chi connectivity index (χ0n) is 21.9. The van der Waals surface area contributed by atoms with Gasteiger partial charge < -0.3 is 9.30 Å². The van der Waals surface area contributed by atoms with Gasteiger partial charge in [-0.1, -0.05) is 78.0 Å². The molecule has 0 saturated heterocycles. The fourth-order valence-corrected chi connectivity index (χ4v) is 6.43. The zero-order chi connectivity index (χ0) is 27.5. The monoisotopic (exact) mass is 565 g/mol. The molecule has 40 heavy (non-hydrogen) atoms. The molecule has 0 spiro atoms. The highest BCUT2D eigenvalue weighted by atomic mass is 32.2. The van der Waals surface area contributed by atoms with Crippen molar-refractivity contribution in [2.24, 2.45) is 10.1 Å².